The molecule has 1 N–H and O–H groups in total. The minimum atomic E-state index is -4.69. The van der Waals surface area contributed by atoms with Crippen molar-refractivity contribution >= 4 is 10.0 Å². The fourth-order valence-electron chi connectivity index (χ4n) is 2.18. The minimum absolute atomic E-state index is 0.0865. The third kappa shape index (κ3) is 2.97. The first-order valence-corrected chi connectivity index (χ1v) is 7.56. The molecule has 1 aromatic carbocycles. The lowest BCUT2D eigenvalue weighted by Gasteiger charge is -2.31. The predicted octanol–water partition coefficient (Wildman–Crippen LogP) is 1.69. The molecule has 20 heavy (non-hydrogen) atoms. The second-order valence-corrected chi connectivity index (χ2v) is 6.62. The van der Waals surface area contributed by atoms with Crippen LogP contribution in [0.4, 0.5) is 13.2 Å². The largest absolute Gasteiger partial charge is 0.417 e. The highest BCUT2D eigenvalue weighted by Gasteiger charge is 2.39. The molecule has 0 spiro atoms. The van der Waals surface area contributed by atoms with Crippen molar-refractivity contribution in [2.75, 3.05) is 19.6 Å². The summed E-state index contributed by atoms with van der Waals surface area (Å²) in [6.07, 6.45) is -4.69. The highest BCUT2D eigenvalue weighted by atomic mass is 32.2. The summed E-state index contributed by atoms with van der Waals surface area (Å²) < 4.78 is 64.7. The number of rotatable bonds is 2. The summed E-state index contributed by atoms with van der Waals surface area (Å²) in [6, 6.07) is 4.19. The van der Waals surface area contributed by atoms with Gasteiger partial charge in [-0.2, -0.15) is 17.5 Å². The third-order valence-corrected chi connectivity index (χ3v) is 5.07. The summed E-state index contributed by atoms with van der Waals surface area (Å²) in [4.78, 5) is -0.679. The van der Waals surface area contributed by atoms with Gasteiger partial charge in [0.05, 0.1) is 10.5 Å². The molecular formula is C12H15F3N2O2S. The molecule has 1 aliphatic rings. The molecule has 0 saturated carbocycles. The van der Waals surface area contributed by atoms with Gasteiger partial charge >= 0.3 is 6.18 Å². The van der Waals surface area contributed by atoms with Crippen LogP contribution in [0.5, 0.6) is 0 Å². The molecular weight excluding hydrogens is 293 g/mol. The molecule has 0 aliphatic carbocycles. The molecule has 0 amide bonds. The summed E-state index contributed by atoms with van der Waals surface area (Å²) in [6.45, 7) is 2.54. The molecule has 0 aromatic heterocycles. The third-order valence-electron chi connectivity index (χ3n) is 3.14. The number of nitrogens with zero attached hydrogens (tertiary/aromatic N) is 1. The maximum absolute atomic E-state index is 12.9. The summed E-state index contributed by atoms with van der Waals surface area (Å²) in [5.74, 6) is 0. The number of hydrogen-bond acceptors (Lipinski definition) is 3. The van der Waals surface area contributed by atoms with Crippen LogP contribution >= 0.6 is 0 Å². The van der Waals surface area contributed by atoms with E-state index in [9.17, 15) is 21.6 Å². The Morgan fingerprint density at radius 1 is 1.30 bits per heavy atom. The van der Waals surface area contributed by atoms with Gasteiger partial charge in [0.1, 0.15) is 0 Å². The van der Waals surface area contributed by atoms with Gasteiger partial charge in [0.15, 0.2) is 0 Å². The fourth-order valence-corrected chi connectivity index (χ4v) is 3.92. The van der Waals surface area contributed by atoms with Crippen molar-refractivity contribution in [2.24, 2.45) is 0 Å². The van der Waals surface area contributed by atoms with Crippen molar-refractivity contribution in [3.05, 3.63) is 29.8 Å². The molecule has 1 saturated heterocycles. The van der Waals surface area contributed by atoms with E-state index in [-0.39, 0.29) is 19.1 Å². The zero-order valence-corrected chi connectivity index (χ0v) is 11.6. The van der Waals surface area contributed by atoms with E-state index < -0.39 is 26.7 Å². The Labute approximate surface area is 115 Å². The fraction of sp³-hybridized carbons (Fsp3) is 0.500. The Kier molecular flexibility index (Phi) is 4.08. The van der Waals surface area contributed by atoms with Gasteiger partial charge in [-0.05, 0) is 19.1 Å². The molecule has 0 bridgehead atoms. The number of alkyl halides is 3. The molecule has 1 atom stereocenters. The van der Waals surface area contributed by atoms with E-state index in [4.69, 9.17) is 0 Å². The van der Waals surface area contributed by atoms with Gasteiger partial charge < -0.3 is 5.32 Å². The Morgan fingerprint density at radius 3 is 2.55 bits per heavy atom. The second-order valence-electron chi connectivity index (χ2n) is 4.71. The van der Waals surface area contributed by atoms with E-state index in [1.54, 1.807) is 6.92 Å². The first-order chi connectivity index (χ1) is 9.23. The monoisotopic (exact) mass is 308 g/mol. The van der Waals surface area contributed by atoms with Gasteiger partial charge in [0.25, 0.3) is 0 Å². The molecule has 2 rings (SSSR count). The minimum Gasteiger partial charge on any atom is -0.312 e. The van der Waals surface area contributed by atoms with Gasteiger partial charge in [0, 0.05) is 25.7 Å². The normalized spacial score (nSPS) is 21.9. The predicted molar refractivity (Wildman–Crippen MR) is 67.7 cm³/mol. The smallest absolute Gasteiger partial charge is 0.312 e. The number of benzene rings is 1. The average Bonchev–Trinajstić information content (AvgIpc) is 2.38. The molecule has 112 valence electrons. The van der Waals surface area contributed by atoms with Crippen molar-refractivity contribution in [2.45, 2.75) is 24.0 Å². The van der Waals surface area contributed by atoms with E-state index in [2.05, 4.69) is 5.32 Å². The Bertz CT molecular complexity index is 587. The van der Waals surface area contributed by atoms with Crippen LogP contribution < -0.4 is 5.32 Å². The SMILES string of the molecule is CC1CN(S(=O)(=O)c2ccccc2C(F)(F)F)CCN1. The van der Waals surface area contributed by atoms with Crippen LogP contribution in [0, 0.1) is 0 Å². The standard InChI is InChI=1S/C12H15F3N2O2S/c1-9-8-17(7-6-16-9)20(18,19)11-5-3-2-4-10(11)12(13,14)15/h2-5,9,16H,6-8H2,1H3. The Morgan fingerprint density at radius 2 is 1.95 bits per heavy atom. The number of hydrogen-bond donors (Lipinski definition) is 1. The lowest BCUT2D eigenvalue weighted by Crippen LogP contribution is -2.51. The second kappa shape index (κ2) is 5.34. The summed E-state index contributed by atoms with van der Waals surface area (Å²) in [5, 5.41) is 3.05. The van der Waals surface area contributed by atoms with Gasteiger partial charge in [-0.25, -0.2) is 8.42 Å². The number of nitrogens with one attached hydrogen (secondary N) is 1. The van der Waals surface area contributed by atoms with Crippen molar-refractivity contribution in [1.29, 1.82) is 0 Å². The van der Waals surface area contributed by atoms with Gasteiger partial charge in [-0.3, -0.25) is 0 Å². The lowest BCUT2D eigenvalue weighted by atomic mass is 10.2. The number of sulfonamides is 1. The van der Waals surface area contributed by atoms with E-state index in [0.29, 0.717) is 6.54 Å². The zero-order valence-electron chi connectivity index (χ0n) is 10.8. The Balaban J connectivity index is 2.45. The van der Waals surface area contributed by atoms with E-state index in [0.717, 1.165) is 16.4 Å². The Hall–Kier alpha value is -1.12. The molecule has 4 nitrogen and oxygen atoms in total. The molecule has 1 heterocycles. The van der Waals surface area contributed by atoms with Crippen LogP contribution in [0.1, 0.15) is 12.5 Å². The maximum Gasteiger partial charge on any atom is 0.417 e. The van der Waals surface area contributed by atoms with Crippen LogP contribution in [0.3, 0.4) is 0 Å². The molecule has 0 radical (unpaired) electrons. The van der Waals surface area contributed by atoms with E-state index >= 15 is 0 Å². The van der Waals surface area contributed by atoms with Crippen molar-refractivity contribution in [3.8, 4) is 0 Å². The first kappa shape index (κ1) is 15.3. The number of halogens is 3. The van der Waals surface area contributed by atoms with Crippen molar-refractivity contribution < 1.29 is 21.6 Å². The topological polar surface area (TPSA) is 49.4 Å². The zero-order chi connectivity index (χ0) is 15.0. The quantitative estimate of drug-likeness (QED) is 0.904. The van der Waals surface area contributed by atoms with E-state index in [1.165, 1.54) is 12.1 Å². The number of piperazine rings is 1. The molecule has 1 aliphatic heterocycles. The van der Waals surface area contributed by atoms with Crippen LogP contribution in [0.25, 0.3) is 0 Å². The van der Waals surface area contributed by atoms with Gasteiger partial charge in [-0.1, -0.05) is 12.1 Å². The van der Waals surface area contributed by atoms with Crippen molar-refractivity contribution in [3.63, 3.8) is 0 Å². The van der Waals surface area contributed by atoms with Gasteiger partial charge in [-0.15, -0.1) is 0 Å². The summed E-state index contributed by atoms with van der Waals surface area (Å²) in [7, 11) is -4.14. The average molecular weight is 308 g/mol. The molecule has 1 unspecified atom stereocenters. The van der Waals surface area contributed by atoms with Crippen LogP contribution in [0.2, 0.25) is 0 Å². The first-order valence-electron chi connectivity index (χ1n) is 6.12. The molecule has 8 heteroatoms. The van der Waals surface area contributed by atoms with Crippen LogP contribution in [-0.4, -0.2) is 38.4 Å². The maximum atomic E-state index is 12.9. The highest BCUT2D eigenvalue weighted by molar-refractivity contribution is 7.89. The summed E-state index contributed by atoms with van der Waals surface area (Å²) in [5.41, 5.74) is -1.12. The molecule has 1 fully saturated rings. The van der Waals surface area contributed by atoms with E-state index in [1.807, 2.05) is 0 Å². The molecule has 1 aromatic rings. The lowest BCUT2D eigenvalue weighted by molar-refractivity contribution is -0.139. The van der Waals surface area contributed by atoms with Crippen LogP contribution in [-0.2, 0) is 16.2 Å². The van der Waals surface area contributed by atoms with Crippen LogP contribution in [0.15, 0.2) is 29.2 Å². The highest BCUT2D eigenvalue weighted by Crippen LogP contribution is 2.35. The van der Waals surface area contributed by atoms with Gasteiger partial charge in [0.2, 0.25) is 10.0 Å². The van der Waals surface area contributed by atoms with Crippen molar-refractivity contribution in [1.82, 2.24) is 9.62 Å². The summed E-state index contributed by atoms with van der Waals surface area (Å²) >= 11 is 0.